The zero-order valence-electron chi connectivity index (χ0n) is 14.7. The molecule has 2 aromatic carbocycles. The van der Waals surface area contributed by atoms with E-state index in [4.69, 9.17) is 21.1 Å². The molecule has 0 saturated carbocycles. The maximum atomic E-state index is 12.4. The molecule has 3 aromatic rings. The van der Waals surface area contributed by atoms with Crippen molar-refractivity contribution < 1.29 is 14.3 Å². The van der Waals surface area contributed by atoms with E-state index in [0.717, 1.165) is 21.5 Å². The Kier molecular flexibility index (Phi) is 5.64. The van der Waals surface area contributed by atoms with Gasteiger partial charge in [0.15, 0.2) is 11.2 Å². The van der Waals surface area contributed by atoms with Gasteiger partial charge in [-0.2, -0.15) is 0 Å². The highest BCUT2D eigenvalue weighted by atomic mass is 35.5. The van der Waals surface area contributed by atoms with Crippen LogP contribution in [0.5, 0.6) is 11.5 Å². The minimum absolute atomic E-state index is 0.261. The van der Waals surface area contributed by atoms with Gasteiger partial charge >= 0.3 is 0 Å². The number of aromatic nitrogens is 1. The van der Waals surface area contributed by atoms with Crippen LogP contribution in [0.1, 0.15) is 19.4 Å². The van der Waals surface area contributed by atoms with Crippen molar-refractivity contribution in [3.8, 4) is 11.5 Å². The Bertz CT molecular complexity index is 942. The van der Waals surface area contributed by atoms with E-state index in [-0.39, 0.29) is 5.91 Å². The van der Waals surface area contributed by atoms with Gasteiger partial charge < -0.3 is 9.47 Å². The Morgan fingerprint density at radius 1 is 1.31 bits per heavy atom. The van der Waals surface area contributed by atoms with Gasteiger partial charge in [-0.25, -0.2) is 4.98 Å². The lowest BCUT2D eigenvalue weighted by Crippen LogP contribution is -2.30. The first-order chi connectivity index (χ1) is 12.5. The van der Waals surface area contributed by atoms with Crippen molar-refractivity contribution in [1.29, 1.82) is 0 Å². The highest BCUT2D eigenvalue weighted by Crippen LogP contribution is 2.29. The number of anilines is 1. The number of benzene rings is 2. The van der Waals surface area contributed by atoms with Crippen LogP contribution in [0, 0.1) is 6.92 Å². The number of thiazole rings is 1. The van der Waals surface area contributed by atoms with Gasteiger partial charge in [-0.15, -0.1) is 0 Å². The fraction of sp³-hybridized carbons (Fsp3) is 0.263. The van der Waals surface area contributed by atoms with Gasteiger partial charge in [-0.05, 0) is 62.7 Å². The molecule has 1 unspecified atom stereocenters. The summed E-state index contributed by atoms with van der Waals surface area (Å²) in [6.07, 6.45) is -0.666. The average molecular weight is 391 g/mol. The number of hydrogen-bond donors (Lipinski definition) is 1. The Morgan fingerprint density at radius 2 is 2.12 bits per heavy atom. The summed E-state index contributed by atoms with van der Waals surface area (Å²) in [4.78, 5) is 16.9. The van der Waals surface area contributed by atoms with Crippen LogP contribution < -0.4 is 14.8 Å². The van der Waals surface area contributed by atoms with E-state index in [1.54, 1.807) is 25.1 Å². The first-order valence-electron chi connectivity index (χ1n) is 8.23. The Hall–Kier alpha value is -2.31. The van der Waals surface area contributed by atoms with Crippen molar-refractivity contribution in [2.24, 2.45) is 0 Å². The number of fused-ring (bicyclic) bond motifs is 1. The normalized spacial score (nSPS) is 12.0. The fourth-order valence-electron chi connectivity index (χ4n) is 2.41. The molecule has 1 atom stereocenters. The van der Waals surface area contributed by atoms with Crippen LogP contribution in [0.4, 0.5) is 5.13 Å². The number of amides is 1. The predicted octanol–water partition coefficient (Wildman–Crippen LogP) is 5.06. The fourth-order valence-corrected chi connectivity index (χ4v) is 3.53. The average Bonchev–Trinajstić information content (AvgIpc) is 2.99. The van der Waals surface area contributed by atoms with Gasteiger partial charge in [0.1, 0.15) is 11.5 Å². The highest BCUT2D eigenvalue weighted by molar-refractivity contribution is 7.22. The van der Waals surface area contributed by atoms with E-state index in [0.29, 0.717) is 22.5 Å². The second kappa shape index (κ2) is 7.93. The smallest absolute Gasteiger partial charge is 0.266 e. The van der Waals surface area contributed by atoms with Crippen molar-refractivity contribution in [3.05, 3.63) is 47.0 Å². The molecule has 0 bridgehead atoms. The number of ether oxygens (including phenoxy) is 2. The second-order valence-corrected chi connectivity index (χ2v) is 7.21. The summed E-state index contributed by atoms with van der Waals surface area (Å²) in [6.45, 7) is 6.12. The molecule has 0 aliphatic heterocycles. The van der Waals surface area contributed by atoms with Gasteiger partial charge in [0.05, 0.1) is 16.8 Å². The van der Waals surface area contributed by atoms with Crippen LogP contribution in [0.25, 0.3) is 10.2 Å². The highest BCUT2D eigenvalue weighted by Gasteiger charge is 2.18. The molecule has 0 fully saturated rings. The minimum Gasteiger partial charge on any atom is -0.494 e. The van der Waals surface area contributed by atoms with Gasteiger partial charge in [-0.3, -0.25) is 10.1 Å². The summed E-state index contributed by atoms with van der Waals surface area (Å²) < 4.78 is 12.2. The molecule has 3 rings (SSSR count). The van der Waals surface area contributed by atoms with Crippen molar-refractivity contribution in [2.45, 2.75) is 26.9 Å². The maximum Gasteiger partial charge on any atom is 0.266 e. The standard InChI is InChI=1S/C19H19ClN2O3S/c1-4-24-14-6-7-15-17(10-14)26-19(21-15)22-18(23)12(3)25-16-8-5-13(20)9-11(16)2/h5-10,12H,4H2,1-3H3,(H,21,22,23). The van der Waals surface area contributed by atoms with Crippen LogP contribution >= 0.6 is 22.9 Å². The van der Waals surface area contributed by atoms with Crippen molar-refractivity contribution in [1.82, 2.24) is 4.98 Å². The molecule has 1 aromatic heterocycles. The van der Waals surface area contributed by atoms with Crippen LogP contribution in [0.15, 0.2) is 36.4 Å². The van der Waals surface area contributed by atoms with Gasteiger partial charge in [-0.1, -0.05) is 22.9 Å². The van der Waals surface area contributed by atoms with Gasteiger partial charge in [0.25, 0.3) is 5.91 Å². The first-order valence-corrected chi connectivity index (χ1v) is 9.42. The number of carbonyl (C=O) groups excluding carboxylic acids is 1. The second-order valence-electron chi connectivity index (χ2n) is 5.74. The molecule has 0 aliphatic carbocycles. The molecule has 0 radical (unpaired) electrons. The summed E-state index contributed by atoms with van der Waals surface area (Å²) in [5.74, 6) is 1.16. The number of nitrogens with zero attached hydrogens (tertiary/aromatic N) is 1. The Labute approximate surface area is 160 Å². The number of halogens is 1. The maximum absolute atomic E-state index is 12.4. The first kappa shape index (κ1) is 18.5. The molecule has 1 amide bonds. The van der Waals surface area contributed by atoms with E-state index in [9.17, 15) is 4.79 Å². The molecule has 1 N–H and O–H groups in total. The van der Waals surface area contributed by atoms with E-state index in [1.807, 2.05) is 32.0 Å². The number of nitrogens with one attached hydrogen (secondary N) is 1. The molecule has 7 heteroatoms. The molecule has 0 saturated heterocycles. The molecule has 26 heavy (non-hydrogen) atoms. The van der Waals surface area contributed by atoms with Crippen LogP contribution in [-0.4, -0.2) is 23.6 Å². The summed E-state index contributed by atoms with van der Waals surface area (Å²) in [5.41, 5.74) is 1.69. The Morgan fingerprint density at radius 3 is 2.85 bits per heavy atom. The third-order valence-electron chi connectivity index (χ3n) is 3.71. The minimum atomic E-state index is -0.666. The predicted molar refractivity (Wildman–Crippen MR) is 106 cm³/mol. The molecule has 0 spiro atoms. The lowest BCUT2D eigenvalue weighted by molar-refractivity contribution is -0.122. The summed E-state index contributed by atoms with van der Waals surface area (Å²) in [7, 11) is 0. The molecule has 0 aliphatic rings. The summed E-state index contributed by atoms with van der Waals surface area (Å²) >= 11 is 7.34. The van der Waals surface area contributed by atoms with E-state index in [2.05, 4.69) is 10.3 Å². The number of rotatable bonds is 6. The lowest BCUT2D eigenvalue weighted by atomic mass is 10.2. The van der Waals surface area contributed by atoms with Crippen molar-refractivity contribution in [2.75, 3.05) is 11.9 Å². The van der Waals surface area contributed by atoms with Crippen molar-refractivity contribution >= 4 is 44.2 Å². The van der Waals surface area contributed by atoms with Crippen LogP contribution in [0.2, 0.25) is 5.02 Å². The molecular formula is C19H19ClN2O3S. The Balaban J connectivity index is 1.69. The topological polar surface area (TPSA) is 60.5 Å². The summed E-state index contributed by atoms with van der Waals surface area (Å²) in [5, 5.41) is 3.97. The van der Waals surface area contributed by atoms with E-state index < -0.39 is 6.10 Å². The molecule has 136 valence electrons. The molecule has 1 heterocycles. The van der Waals surface area contributed by atoms with Gasteiger partial charge in [0, 0.05) is 5.02 Å². The quantitative estimate of drug-likeness (QED) is 0.638. The largest absolute Gasteiger partial charge is 0.494 e. The third kappa shape index (κ3) is 4.26. The van der Waals surface area contributed by atoms with Crippen LogP contribution in [0.3, 0.4) is 0 Å². The zero-order chi connectivity index (χ0) is 18.7. The molecular weight excluding hydrogens is 372 g/mol. The monoisotopic (exact) mass is 390 g/mol. The number of aryl methyl sites for hydroxylation is 1. The SMILES string of the molecule is CCOc1ccc2nc(NC(=O)C(C)Oc3ccc(Cl)cc3C)sc2c1. The molecule has 5 nitrogen and oxygen atoms in total. The third-order valence-corrected chi connectivity index (χ3v) is 4.88. The van der Waals surface area contributed by atoms with E-state index in [1.165, 1.54) is 11.3 Å². The van der Waals surface area contributed by atoms with Crippen LogP contribution in [-0.2, 0) is 4.79 Å². The van der Waals surface area contributed by atoms with Gasteiger partial charge in [0.2, 0.25) is 0 Å². The number of hydrogen-bond acceptors (Lipinski definition) is 5. The zero-order valence-corrected chi connectivity index (χ0v) is 16.3. The number of carbonyl (C=O) groups is 1. The van der Waals surface area contributed by atoms with E-state index >= 15 is 0 Å². The summed E-state index contributed by atoms with van der Waals surface area (Å²) in [6, 6.07) is 11.0. The lowest BCUT2D eigenvalue weighted by Gasteiger charge is -2.15. The van der Waals surface area contributed by atoms with Crippen molar-refractivity contribution in [3.63, 3.8) is 0 Å².